The second-order valence-corrected chi connectivity index (χ2v) is 8.43. The molecule has 0 aliphatic heterocycles. The van der Waals surface area contributed by atoms with Crippen molar-refractivity contribution in [1.82, 2.24) is 9.38 Å². The van der Waals surface area contributed by atoms with Gasteiger partial charge in [-0.3, -0.25) is 0 Å². The second kappa shape index (κ2) is 8.52. The Morgan fingerprint density at radius 3 is 2.90 bits per heavy atom. The van der Waals surface area contributed by atoms with E-state index in [0.29, 0.717) is 22.4 Å². The molecular weight excluding hydrogens is 402 g/mol. The number of hydrogen-bond donors (Lipinski definition) is 0. The van der Waals surface area contributed by atoms with Crippen molar-refractivity contribution in [2.45, 2.75) is 24.2 Å². The zero-order chi connectivity index (χ0) is 20.2. The third-order valence-corrected chi connectivity index (χ3v) is 6.31. The van der Waals surface area contributed by atoms with E-state index in [2.05, 4.69) is 11.1 Å². The number of hydrogen-bond acceptors (Lipinski definition) is 6. The standard InChI is InChI=1S/C22H17N3O2S2/c1-15-24-17(13-28-15)14-29-21-8-3-2-6-18(21)22(26)27-12-16-11-25-9-5-4-7-20(25)19(16)10-23/h2-9,11,13H,12,14H2,1H3. The molecule has 1 aromatic carbocycles. The minimum absolute atomic E-state index is 0.0493. The number of rotatable bonds is 6. The van der Waals surface area contributed by atoms with Crippen molar-refractivity contribution >= 4 is 34.6 Å². The number of carbonyl (C=O) groups excluding carboxylic acids is 1. The van der Waals surface area contributed by atoms with Crippen LogP contribution in [0.15, 0.2) is 65.1 Å². The van der Waals surface area contributed by atoms with Gasteiger partial charge in [0.2, 0.25) is 0 Å². The summed E-state index contributed by atoms with van der Waals surface area (Å²) in [6, 6.07) is 15.2. The normalized spacial score (nSPS) is 10.8. The lowest BCUT2D eigenvalue weighted by atomic mass is 10.2. The van der Waals surface area contributed by atoms with Crippen molar-refractivity contribution in [2.75, 3.05) is 0 Å². The molecule has 0 unspecified atom stereocenters. The van der Waals surface area contributed by atoms with Gasteiger partial charge in [0.25, 0.3) is 0 Å². The molecule has 0 atom stereocenters. The number of pyridine rings is 1. The quantitative estimate of drug-likeness (QED) is 0.316. The van der Waals surface area contributed by atoms with Gasteiger partial charge in [0.15, 0.2) is 0 Å². The summed E-state index contributed by atoms with van der Waals surface area (Å²) in [4.78, 5) is 18.0. The Labute approximate surface area is 176 Å². The highest BCUT2D eigenvalue weighted by atomic mass is 32.2. The molecule has 7 heteroatoms. The van der Waals surface area contributed by atoms with Crippen LogP contribution in [0, 0.1) is 18.3 Å². The molecule has 3 heterocycles. The Morgan fingerprint density at radius 2 is 2.10 bits per heavy atom. The molecule has 5 nitrogen and oxygen atoms in total. The van der Waals surface area contributed by atoms with E-state index in [0.717, 1.165) is 21.1 Å². The van der Waals surface area contributed by atoms with Crippen LogP contribution in [0.3, 0.4) is 0 Å². The molecule has 0 aliphatic rings. The first-order chi connectivity index (χ1) is 14.2. The molecular formula is C22H17N3O2S2. The summed E-state index contributed by atoms with van der Waals surface area (Å²) in [6.45, 7) is 2.03. The number of esters is 1. The van der Waals surface area contributed by atoms with E-state index in [1.807, 2.05) is 65.5 Å². The number of ether oxygens (including phenoxy) is 1. The molecule has 0 radical (unpaired) electrons. The van der Waals surface area contributed by atoms with Gasteiger partial charge in [0, 0.05) is 34.0 Å². The highest BCUT2D eigenvalue weighted by molar-refractivity contribution is 7.98. The minimum atomic E-state index is -0.401. The molecule has 0 spiro atoms. The van der Waals surface area contributed by atoms with Gasteiger partial charge in [0.1, 0.15) is 12.7 Å². The Balaban J connectivity index is 1.49. The molecule has 0 amide bonds. The maximum atomic E-state index is 12.7. The maximum Gasteiger partial charge on any atom is 0.339 e. The van der Waals surface area contributed by atoms with Gasteiger partial charge in [-0.15, -0.1) is 23.1 Å². The van der Waals surface area contributed by atoms with Crippen LogP contribution in [0.25, 0.3) is 5.52 Å². The number of fused-ring (bicyclic) bond motifs is 1. The van der Waals surface area contributed by atoms with Gasteiger partial charge in [-0.25, -0.2) is 9.78 Å². The Morgan fingerprint density at radius 1 is 1.28 bits per heavy atom. The van der Waals surface area contributed by atoms with E-state index in [9.17, 15) is 10.1 Å². The van der Waals surface area contributed by atoms with Crippen LogP contribution in [-0.2, 0) is 17.1 Å². The summed E-state index contributed by atoms with van der Waals surface area (Å²) in [5.74, 6) is 0.291. The van der Waals surface area contributed by atoms with Crippen molar-refractivity contribution in [2.24, 2.45) is 0 Å². The third-order valence-electron chi connectivity index (χ3n) is 4.38. The Hall–Kier alpha value is -3.08. The number of thiazole rings is 1. The first-order valence-electron chi connectivity index (χ1n) is 8.94. The van der Waals surface area contributed by atoms with Crippen molar-refractivity contribution in [3.8, 4) is 6.07 Å². The summed E-state index contributed by atoms with van der Waals surface area (Å²) < 4.78 is 7.42. The number of aromatic nitrogens is 2. The van der Waals surface area contributed by atoms with Crippen molar-refractivity contribution < 1.29 is 9.53 Å². The molecule has 3 aromatic heterocycles. The molecule has 0 bridgehead atoms. The maximum absolute atomic E-state index is 12.7. The third kappa shape index (κ3) is 4.19. The van der Waals surface area contributed by atoms with Crippen LogP contribution in [0.5, 0.6) is 0 Å². The fourth-order valence-corrected chi connectivity index (χ4v) is 4.68. The van der Waals surface area contributed by atoms with E-state index in [1.54, 1.807) is 29.2 Å². The van der Waals surface area contributed by atoms with Crippen LogP contribution in [-0.4, -0.2) is 15.4 Å². The van der Waals surface area contributed by atoms with Gasteiger partial charge in [-0.05, 0) is 31.2 Å². The van der Waals surface area contributed by atoms with Gasteiger partial charge >= 0.3 is 5.97 Å². The second-order valence-electron chi connectivity index (χ2n) is 6.35. The fourth-order valence-electron chi connectivity index (χ4n) is 3.02. The van der Waals surface area contributed by atoms with Crippen molar-refractivity contribution in [1.29, 1.82) is 5.26 Å². The van der Waals surface area contributed by atoms with Crippen molar-refractivity contribution in [3.05, 3.63) is 87.6 Å². The topological polar surface area (TPSA) is 67.4 Å². The van der Waals surface area contributed by atoms with E-state index < -0.39 is 5.97 Å². The van der Waals surface area contributed by atoms with Crippen LogP contribution in [0.4, 0.5) is 0 Å². The first kappa shape index (κ1) is 19.2. The monoisotopic (exact) mass is 419 g/mol. The van der Waals surface area contributed by atoms with Crippen LogP contribution >= 0.6 is 23.1 Å². The number of aryl methyl sites for hydroxylation is 1. The average Bonchev–Trinajstić information content (AvgIpc) is 3.33. The number of thioether (sulfide) groups is 1. The highest BCUT2D eigenvalue weighted by Crippen LogP contribution is 2.28. The number of nitriles is 1. The van der Waals surface area contributed by atoms with Crippen LogP contribution in [0.2, 0.25) is 0 Å². The average molecular weight is 420 g/mol. The summed E-state index contributed by atoms with van der Waals surface area (Å²) >= 11 is 3.18. The zero-order valence-corrected chi connectivity index (χ0v) is 17.3. The van der Waals surface area contributed by atoms with Crippen LogP contribution in [0.1, 0.15) is 32.2 Å². The summed E-state index contributed by atoms with van der Waals surface area (Å²) in [5, 5.41) is 12.6. The van der Waals surface area contributed by atoms with E-state index >= 15 is 0 Å². The number of benzene rings is 1. The van der Waals surface area contributed by atoms with Gasteiger partial charge < -0.3 is 9.14 Å². The van der Waals surface area contributed by atoms with Gasteiger partial charge in [-0.1, -0.05) is 18.2 Å². The van der Waals surface area contributed by atoms with E-state index in [4.69, 9.17) is 4.74 Å². The lowest BCUT2D eigenvalue weighted by Crippen LogP contribution is -2.07. The molecule has 0 fully saturated rings. The Bertz CT molecular complexity index is 1220. The first-order valence-corrected chi connectivity index (χ1v) is 10.8. The van der Waals surface area contributed by atoms with Gasteiger partial charge in [0.05, 0.1) is 27.3 Å². The molecule has 4 rings (SSSR count). The molecule has 0 saturated heterocycles. The highest BCUT2D eigenvalue weighted by Gasteiger charge is 2.16. The lowest BCUT2D eigenvalue weighted by Gasteiger charge is -2.08. The number of carbonyl (C=O) groups is 1. The predicted molar refractivity (Wildman–Crippen MR) is 114 cm³/mol. The summed E-state index contributed by atoms with van der Waals surface area (Å²) in [5.41, 5.74) is 3.54. The molecule has 4 aromatic rings. The molecule has 0 saturated carbocycles. The summed E-state index contributed by atoms with van der Waals surface area (Å²) in [7, 11) is 0. The molecule has 29 heavy (non-hydrogen) atoms. The smallest absolute Gasteiger partial charge is 0.339 e. The minimum Gasteiger partial charge on any atom is -0.457 e. The fraction of sp³-hybridized carbons (Fsp3) is 0.136. The van der Waals surface area contributed by atoms with Crippen molar-refractivity contribution in [3.63, 3.8) is 0 Å². The summed E-state index contributed by atoms with van der Waals surface area (Å²) in [6.07, 6.45) is 3.69. The molecule has 144 valence electrons. The Kier molecular flexibility index (Phi) is 5.65. The predicted octanol–water partition coefficient (Wildman–Crippen LogP) is 5.23. The SMILES string of the molecule is Cc1nc(CSc2ccccc2C(=O)OCc2cn3ccccc3c2C#N)cs1. The molecule has 0 aliphatic carbocycles. The van der Waals surface area contributed by atoms with Crippen LogP contribution < -0.4 is 0 Å². The largest absolute Gasteiger partial charge is 0.457 e. The van der Waals surface area contributed by atoms with E-state index in [1.165, 1.54) is 0 Å². The number of nitrogens with zero attached hydrogens (tertiary/aromatic N) is 3. The van der Waals surface area contributed by atoms with Gasteiger partial charge in [-0.2, -0.15) is 5.26 Å². The van der Waals surface area contributed by atoms with E-state index in [-0.39, 0.29) is 6.61 Å². The lowest BCUT2D eigenvalue weighted by molar-refractivity contribution is 0.0468. The molecule has 0 N–H and O–H groups in total. The zero-order valence-electron chi connectivity index (χ0n) is 15.7.